The van der Waals surface area contributed by atoms with E-state index in [9.17, 15) is 4.79 Å². The van der Waals surface area contributed by atoms with E-state index >= 15 is 0 Å². The number of rotatable bonds is 8. The van der Waals surface area contributed by atoms with Gasteiger partial charge in [0.05, 0.1) is 25.1 Å². The molecule has 1 fully saturated rings. The first-order valence-corrected chi connectivity index (χ1v) is 10.9. The van der Waals surface area contributed by atoms with Crippen LogP contribution in [0, 0.1) is 0 Å². The second kappa shape index (κ2) is 10.3. The van der Waals surface area contributed by atoms with E-state index in [-0.39, 0.29) is 11.2 Å². The number of nitrogens with zero attached hydrogens (tertiary/aromatic N) is 4. The van der Waals surface area contributed by atoms with Gasteiger partial charge < -0.3 is 9.64 Å². The van der Waals surface area contributed by atoms with Crippen molar-refractivity contribution in [3.63, 3.8) is 0 Å². The van der Waals surface area contributed by atoms with Gasteiger partial charge in [-0.3, -0.25) is 9.69 Å². The molecule has 0 aromatic heterocycles. The van der Waals surface area contributed by atoms with Gasteiger partial charge >= 0.3 is 0 Å². The van der Waals surface area contributed by atoms with Crippen molar-refractivity contribution in [2.75, 3.05) is 26.1 Å². The molecule has 2 aromatic rings. The lowest BCUT2D eigenvalue weighted by Gasteiger charge is -2.16. The van der Waals surface area contributed by atoms with Gasteiger partial charge in [-0.05, 0) is 41.8 Å². The Balaban J connectivity index is 1.76. The van der Waals surface area contributed by atoms with Crippen molar-refractivity contribution in [3.8, 4) is 5.75 Å². The molecule has 1 saturated heterocycles. The highest BCUT2D eigenvalue weighted by molar-refractivity contribution is 8.15. The monoisotopic (exact) mass is 424 g/mol. The minimum atomic E-state index is -0.0958. The highest BCUT2D eigenvalue weighted by Crippen LogP contribution is 2.32. The molecule has 1 atom stereocenters. The number of ether oxygens (including phenoxy) is 1. The first-order valence-electron chi connectivity index (χ1n) is 10.0. The van der Waals surface area contributed by atoms with Gasteiger partial charge in [0.2, 0.25) is 5.91 Å². The standard InChI is InChI=1S/C23H28N4O2S/c1-5-6-21-22(28)27(16-18-9-13-20(29-4)14-10-18)23(30-21)25-24-15-17-7-11-19(12-8-17)26(2)3/h7-15,21H,5-6,16H2,1-4H3/b24-15+,25-23-. The van der Waals surface area contributed by atoms with E-state index in [0.29, 0.717) is 11.7 Å². The molecular weight excluding hydrogens is 396 g/mol. The number of carbonyl (C=O) groups excluding carboxylic acids is 1. The van der Waals surface area contributed by atoms with Crippen LogP contribution in [0.2, 0.25) is 0 Å². The van der Waals surface area contributed by atoms with E-state index in [1.165, 1.54) is 11.8 Å². The molecule has 1 unspecified atom stereocenters. The van der Waals surface area contributed by atoms with Crippen LogP contribution in [-0.4, -0.2) is 48.6 Å². The Morgan fingerprint density at radius 3 is 2.43 bits per heavy atom. The third kappa shape index (κ3) is 5.42. The first kappa shape index (κ1) is 21.9. The number of thioether (sulfide) groups is 1. The molecule has 3 rings (SSSR count). The number of methoxy groups -OCH3 is 1. The van der Waals surface area contributed by atoms with Gasteiger partial charge in [-0.25, -0.2) is 0 Å². The minimum Gasteiger partial charge on any atom is -0.497 e. The lowest BCUT2D eigenvalue weighted by Crippen LogP contribution is -2.31. The molecular formula is C23H28N4O2S. The lowest BCUT2D eigenvalue weighted by atomic mass is 10.2. The summed E-state index contributed by atoms with van der Waals surface area (Å²) in [7, 11) is 5.66. The predicted molar refractivity (Wildman–Crippen MR) is 126 cm³/mol. The first-order chi connectivity index (χ1) is 14.5. The smallest absolute Gasteiger partial charge is 0.242 e. The molecule has 1 aliphatic rings. The van der Waals surface area contributed by atoms with Crippen LogP contribution in [0.15, 0.2) is 58.7 Å². The number of benzene rings is 2. The summed E-state index contributed by atoms with van der Waals surface area (Å²) in [5.41, 5.74) is 3.12. The summed E-state index contributed by atoms with van der Waals surface area (Å²) in [6.45, 7) is 2.56. The predicted octanol–water partition coefficient (Wildman–Crippen LogP) is 4.40. The molecule has 0 radical (unpaired) electrons. The molecule has 6 nitrogen and oxygen atoms in total. The normalized spacial score (nSPS) is 17.9. The molecule has 7 heteroatoms. The zero-order valence-electron chi connectivity index (χ0n) is 17.9. The molecule has 158 valence electrons. The molecule has 0 N–H and O–H groups in total. The van der Waals surface area contributed by atoms with Crippen LogP contribution in [0.3, 0.4) is 0 Å². The van der Waals surface area contributed by atoms with Gasteiger partial charge in [-0.1, -0.05) is 49.4 Å². The Morgan fingerprint density at radius 1 is 1.13 bits per heavy atom. The fourth-order valence-corrected chi connectivity index (χ4v) is 4.31. The number of hydrogen-bond donors (Lipinski definition) is 0. The Hall–Kier alpha value is -2.80. The maximum absolute atomic E-state index is 12.9. The zero-order valence-corrected chi connectivity index (χ0v) is 18.7. The summed E-state index contributed by atoms with van der Waals surface area (Å²) >= 11 is 1.50. The van der Waals surface area contributed by atoms with Gasteiger partial charge in [0, 0.05) is 19.8 Å². The molecule has 1 amide bonds. The van der Waals surface area contributed by atoms with Crippen LogP contribution in [0.1, 0.15) is 30.9 Å². The van der Waals surface area contributed by atoms with Gasteiger partial charge in [-0.2, -0.15) is 5.10 Å². The number of carbonyl (C=O) groups is 1. The Kier molecular flexibility index (Phi) is 7.52. The van der Waals surface area contributed by atoms with E-state index in [0.717, 1.165) is 35.4 Å². The van der Waals surface area contributed by atoms with Crippen molar-refractivity contribution < 1.29 is 9.53 Å². The molecule has 1 heterocycles. The van der Waals surface area contributed by atoms with Crippen LogP contribution < -0.4 is 9.64 Å². The average Bonchev–Trinajstić information content (AvgIpc) is 3.04. The Labute approximate surface area is 182 Å². The topological polar surface area (TPSA) is 57.5 Å². The van der Waals surface area contributed by atoms with Gasteiger partial charge in [0.15, 0.2) is 5.17 Å². The summed E-state index contributed by atoms with van der Waals surface area (Å²) in [6, 6.07) is 15.8. The SMILES string of the molecule is CCCC1S/C(=N\N=C\c2ccc(N(C)C)cc2)N(Cc2ccc(OC)cc2)C1=O. The molecule has 0 saturated carbocycles. The van der Waals surface area contributed by atoms with Gasteiger partial charge in [-0.15, -0.1) is 5.10 Å². The van der Waals surface area contributed by atoms with Crippen molar-refractivity contribution in [1.82, 2.24) is 4.90 Å². The average molecular weight is 425 g/mol. The van der Waals surface area contributed by atoms with E-state index < -0.39 is 0 Å². The number of amidine groups is 1. The molecule has 30 heavy (non-hydrogen) atoms. The maximum Gasteiger partial charge on any atom is 0.242 e. The van der Waals surface area contributed by atoms with E-state index in [1.54, 1.807) is 18.2 Å². The van der Waals surface area contributed by atoms with E-state index in [4.69, 9.17) is 4.74 Å². The lowest BCUT2D eigenvalue weighted by molar-refractivity contribution is -0.126. The zero-order chi connectivity index (χ0) is 21.5. The number of amides is 1. The summed E-state index contributed by atoms with van der Waals surface area (Å²) in [5, 5.41) is 9.20. The van der Waals surface area contributed by atoms with E-state index in [2.05, 4.69) is 17.1 Å². The van der Waals surface area contributed by atoms with E-state index in [1.807, 2.05) is 67.5 Å². The van der Waals surface area contributed by atoms with Crippen molar-refractivity contribution in [2.45, 2.75) is 31.6 Å². The summed E-state index contributed by atoms with van der Waals surface area (Å²) < 4.78 is 5.22. The third-order valence-corrected chi connectivity index (χ3v) is 6.06. The fraction of sp³-hybridized carbons (Fsp3) is 0.348. The molecule has 0 bridgehead atoms. The highest BCUT2D eigenvalue weighted by atomic mass is 32.2. The summed E-state index contributed by atoms with van der Waals surface area (Å²) in [6.07, 6.45) is 3.50. The number of hydrogen-bond acceptors (Lipinski definition) is 6. The molecule has 0 spiro atoms. The Morgan fingerprint density at radius 2 is 1.83 bits per heavy atom. The summed E-state index contributed by atoms with van der Waals surface area (Å²) in [5.74, 6) is 0.894. The van der Waals surface area contributed by atoms with Crippen LogP contribution in [0.25, 0.3) is 0 Å². The molecule has 2 aromatic carbocycles. The van der Waals surface area contributed by atoms with Crippen LogP contribution in [0.4, 0.5) is 5.69 Å². The maximum atomic E-state index is 12.9. The Bertz CT molecular complexity index is 908. The minimum absolute atomic E-state index is 0.0958. The second-order valence-corrected chi connectivity index (χ2v) is 8.45. The molecule has 0 aliphatic carbocycles. The van der Waals surface area contributed by atoms with Crippen molar-refractivity contribution >= 4 is 34.7 Å². The van der Waals surface area contributed by atoms with Crippen LogP contribution in [0.5, 0.6) is 5.75 Å². The van der Waals surface area contributed by atoms with Gasteiger partial charge in [0.1, 0.15) is 5.75 Å². The van der Waals surface area contributed by atoms with Crippen LogP contribution in [-0.2, 0) is 11.3 Å². The van der Waals surface area contributed by atoms with Gasteiger partial charge in [0.25, 0.3) is 0 Å². The summed E-state index contributed by atoms with van der Waals surface area (Å²) in [4.78, 5) is 16.7. The van der Waals surface area contributed by atoms with Crippen molar-refractivity contribution in [1.29, 1.82) is 0 Å². The highest BCUT2D eigenvalue weighted by Gasteiger charge is 2.37. The largest absolute Gasteiger partial charge is 0.497 e. The quantitative estimate of drug-likeness (QED) is 0.466. The third-order valence-electron chi connectivity index (χ3n) is 4.83. The molecule has 1 aliphatic heterocycles. The number of anilines is 1. The van der Waals surface area contributed by atoms with Crippen molar-refractivity contribution in [2.24, 2.45) is 10.2 Å². The second-order valence-electron chi connectivity index (χ2n) is 7.28. The van der Waals surface area contributed by atoms with Crippen molar-refractivity contribution in [3.05, 3.63) is 59.7 Å². The van der Waals surface area contributed by atoms with Crippen LogP contribution >= 0.6 is 11.8 Å². The fourth-order valence-electron chi connectivity index (χ4n) is 3.09.